The van der Waals surface area contributed by atoms with Crippen molar-refractivity contribution in [2.75, 3.05) is 6.61 Å². The lowest BCUT2D eigenvalue weighted by molar-refractivity contribution is 0.118. The molecule has 2 N–H and O–H groups in total. The molecule has 0 amide bonds. The first-order valence-corrected chi connectivity index (χ1v) is 6.70. The average Bonchev–Trinajstić information content (AvgIpc) is 2.75. The van der Waals surface area contributed by atoms with E-state index < -0.39 is 0 Å². The van der Waals surface area contributed by atoms with Crippen molar-refractivity contribution in [3.63, 3.8) is 0 Å². The number of nitrogens with two attached hydrogens (primary N) is 1. The Balaban J connectivity index is 2.16. The molecule has 3 atom stereocenters. The van der Waals surface area contributed by atoms with E-state index >= 15 is 0 Å². The van der Waals surface area contributed by atoms with Gasteiger partial charge in [-0.1, -0.05) is 18.2 Å². The van der Waals surface area contributed by atoms with Crippen molar-refractivity contribution in [1.29, 1.82) is 0 Å². The zero-order valence-electron chi connectivity index (χ0n) is 11.4. The summed E-state index contributed by atoms with van der Waals surface area (Å²) in [6, 6.07) is 8.05. The number of benzene rings is 1. The van der Waals surface area contributed by atoms with Gasteiger partial charge in [0.2, 0.25) is 0 Å². The molecule has 1 aliphatic rings. The lowest BCUT2D eigenvalue weighted by atomic mass is 9.91. The van der Waals surface area contributed by atoms with Gasteiger partial charge in [-0.15, -0.1) is 0 Å². The van der Waals surface area contributed by atoms with Crippen LogP contribution in [0.3, 0.4) is 0 Å². The molecular formula is C15H23NO2. The van der Waals surface area contributed by atoms with Gasteiger partial charge in [0.15, 0.2) is 0 Å². The van der Waals surface area contributed by atoms with Crippen LogP contribution in [0.25, 0.3) is 0 Å². The first-order valence-electron chi connectivity index (χ1n) is 6.70. The molecule has 0 spiro atoms. The third-order valence-electron chi connectivity index (χ3n) is 3.38. The zero-order valence-corrected chi connectivity index (χ0v) is 11.4. The van der Waals surface area contributed by atoms with Crippen molar-refractivity contribution >= 4 is 0 Å². The van der Waals surface area contributed by atoms with E-state index in [0.29, 0.717) is 12.0 Å². The number of para-hydroxylation sites is 1. The molecule has 1 heterocycles. The van der Waals surface area contributed by atoms with Gasteiger partial charge in [-0.25, -0.2) is 0 Å². The molecule has 1 saturated heterocycles. The fraction of sp³-hybridized carbons (Fsp3) is 0.600. The summed E-state index contributed by atoms with van der Waals surface area (Å²) in [6.07, 6.45) is 1.51. The Morgan fingerprint density at radius 3 is 2.67 bits per heavy atom. The van der Waals surface area contributed by atoms with Crippen molar-refractivity contribution in [3.05, 3.63) is 29.8 Å². The van der Waals surface area contributed by atoms with Crippen molar-refractivity contribution in [1.82, 2.24) is 0 Å². The highest BCUT2D eigenvalue weighted by atomic mass is 16.5. The lowest BCUT2D eigenvalue weighted by Crippen LogP contribution is -2.23. The zero-order chi connectivity index (χ0) is 13.1. The second kappa shape index (κ2) is 5.72. The van der Waals surface area contributed by atoms with Gasteiger partial charge in [0.1, 0.15) is 5.75 Å². The topological polar surface area (TPSA) is 44.5 Å². The van der Waals surface area contributed by atoms with E-state index in [-0.39, 0.29) is 12.1 Å². The minimum Gasteiger partial charge on any atom is -0.491 e. The fourth-order valence-corrected chi connectivity index (χ4v) is 2.47. The van der Waals surface area contributed by atoms with Gasteiger partial charge in [0.05, 0.1) is 18.8 Å². The van der Waals surface area contributed by atoms with Crippen LogP contribution in [0, 0.1) is 5.92 Å². The molecule has 1 aromatic rings. The Labute approximate surface area is 109 Å². The van der Waals surface area contributed by atoms with E-state index in [2.05, 4.69) is 13.0 Å². The van der Waals surface area contributed by atoms with Gasteiger partial charge < -0.3 is 15.2 Å². The van der Waals surface area contributed by atoms with E-state index in [1.54, 1.807) is 0 Å². The molecule has 1 aromatic carbocycles. The van der Waals surface area contributed by atoms with E-state index in [1.165, 1.54) is 0 Å². The number of hydrogen-bond donors (Lipinski definition) is 1. The van der Waals surface area contributed by atoms with Crippen LogP contribution in [0.4, 0.5) is 0 Å². The maximum atomic E-state index is 6.38. The van der Waals surface area contributed by atoms with Gasteiger partial charge in [-0.3, -0.25) is 0 Å². The van der Waals surface area contributed by atoms with E-state index in [1.807, 2.05) is 32.0 Å². The predicted octanol–water partition coefficient (Wildman–Crippen LogP) is 2.90. The van der Waals surface area contributed by atoms with Crippen LogP contribution in [-0.2, 0) is 4.74 Å². The molecule has 3 unspecified atom stereocenters. The number of rotatable bonds is 4. The molecular weight excluding hydrogens is 226 g/mol. The van der Waals surface area contributed by atoms with Crippen LogP contribution < -0.4 is 10.5 Å². The summed E-state index contributed by atoms with van der Waals surface area (Å²) < 4.78 is 11.4. The Hall–Kier alpha value is -1.06. The van der Waals surface area contributed by atoms with Crippen LogP contribution in [0.15, 0.2) is 24.3 Å². The van der Waals surface area contributed by atoms with Gasteiger partial charge >= 0.3 is 0 Å². The smallest absolute Gasteiger partial charge is 0.124 e. The Bertz CT molecular complexity index is 392. The largest absolute Gasteiger partial charge is 0.491 e. The normalized spacial score (nSPS) is 25.4. The number of hydrogen-bond acceptors (Lipinski definition) is 3. The molecule has 1 fully saturated rings. The summed E-state index contributed by atoms with van der Waals surface area (Å²) in [6.45, 7) is 6.91. The van der Waals surface area contributed by atoms with Crippen molar-refractivity contribution in [2.24, 2.45) is 11.7 Å². The van der Waals surface area contributed by atoms with Gasteiger partial charge in [0, 0.05) is 17.5 Å². The van der Waals surface area contributed by atoms with Crippen molar-refractivity contribution in [2.45, 2.75) is 45.4 Å². The highest BCUT2D eigenvalue weighted by Gasteiger charge is 2.29. The van der Waals surface area contributed by atoms with Gasteiger partial charge in [-0.2, -0.15) is 0 Å². The third-order valence-corrected chi connectivity index (χ3v) is 3.38. The highest BCUT2D eigenvalue weighted by Crippen LogP contribution is 2.34. The molecule has 0 radical (unpaired) electrons. The minimum atomic E-state index is -0.00935. The van der Waals surface area contributed by atoms with E-state index in [0.717, 1.165) is 24.3 Å². The molecule has 1 aliphatic heterocycles. The maximum Gasteiger partial charge on any atom is 0.124 e. The van der Waals surface area contributed by atoms with E-state index in [4.69, 9.17) is 15.2 Å². The molecule has 100 valence electrons. The quantitative estimate of drug-likeness (QED) is 0.892. The first kappa shape index (κ1) is 13.4. The maximum absolute atomic E-state index is 6.38. The van der Waals surface area contributed by atoms with Crippen LogP contribution in [0.5, 0.6) is 5.75 Å². The average molecular weight is 249 g/mol. The lowest BCUT2D eigenvalue weighted by Gasteiger charge is -2.22. The summed E-state index contributed by atoms with van der Waals surface area (Å²) in [5, 5.41) is 0. The molecule has 3 heteroatoms. The van der Waals surface area contributed by atoms with Gasteiger partial charge in [0.25, 0.3) is 0 Å². The van der Waals surface area contributed by atoms with Crippen molar-refractivity contribution < 1.29 is 9.47 Å². The molecule has 3 nitrogen and oxygen atoms in total. The molecule has 0 bridgehead atoms. The summed E-state index contributed by atoms with van der Waals surface area (Å²) >= 11 is 0. The van der Waals surface area contributed by atoms with Crippen LogP contribution in [0.2, 0.25) is 0 Å². The third kappa shape index (κ3) is 3.03. The van der Waals surface area contributed by atoms with Gasteiger partial charge in [-0.05, 0) is 33.3 Å². The molecule has 18 heavy (non-hydrogen) atoms. The summed E-state index contributed by atoms with van der Waals surface area (Å²) in [5.74, 6) is 1.29. The SMILES string of the molecule is CC(C)Oc1ccccc1C(N)C1COC(C)C1. The summed E-state index contributed by atoms with van der Waals surface area (Å²) in [5.41, 5.74) is 7.47. The van der Waals surface area contributed by atoms with Crippen molar-refractivity contribution in [3.8, 4) is 5.75 Å². The van der Waals surface area contributed by atoms with Crippen LogP contribution >= 0.6 is 0 Å². The summed E-state index contributed by atoms with van der Waals surface area (Å²) in [4.78, 5) is 0. The second-order valence-corrected chi connectivity index (χ2v) is 5.37. The predicted molar refractivity (Wildman–Crippen MR) is 72.7 cm³/mol. The first-order chi connectivity index (χ1) is 8.58. The Morgan fingerprint density at radius 1 is 1.33 bits per heavy atom. The molecule has 0 aromatic heterocycles. The summed E-state index contributed by atoms with van der Waals surface area (Å²) in [7, 11) is 0. The Kier molecular flexibility index (Phi) is 4.25. The second-order valence-electron chi connectivity index (χ2n) is 5.37. The monoisotopic (exact) mass is 249 g/mol. The Morgan fingerprint density at radius 2 is 2.06 bits per heavy atom. The number of ether oxygens (including phenoxy) is 2. The molecule has 0 aliphatic carbocycles. The highest BCUT2D eigenvalue weighted by molar-refractivity contribution is 5.36. The van der Waals surface area contributed by atoms with Crippen LogP contribution in [0.1, 0.15) is 38.8 Å². The molecule has 2 rings (SSSR count). The standard InChI is InChI=1S/C15H23NO2/c1-10(2)18-14-7-5-4-6-13(14)15(16)12-8-11(3)17-9-12/h4-7,10-12,15H,8-9,16H2,1-3H3. The fourth-order valence-electron chi connectivity index (χ4n) is 2.47. The molecule has 0 saturated carbocycles. The van der Waals surface area contributed by atoms with Crippen LogP contribution in [-0.4, -0.2) is 18.8 Å². The minimum absolute atomic E-state index is 0.00935. The van der Waals surface area contributed by atoms with E-state index in [9.17, 15) is 0 Å².